The Bertz CT molecular complexity index is 588. The maximum Gasteiger partial charge on any atom is 0.500 e. The van der Waals surface area contributed by atoms with Crippen LogP contribution in [0.4, 0.5) is 0 Å². The zero-order valence-electron chi connectivity index (χ0n) is 14.4. The molecule has 1 heterocycles. The van der Waals surface area contributed by atoms with E-state index in [9.17, 15) is 0 Å². The van der Waals surface area contributed by atoms with Crippen molar-refractivity contribution in [2.75, 3.05) is 21.3 Å². The average Bonchev–Trinajstić information content (AvgIpc) is 2.62. The van der Waals surface area contributed by atoms with Gasteiger partial charge in [0.15, 0.2) is 0 Å². The van der Waals surface area contributed by atoms with E-state index >= 15 is 0 Å². The lowest BCUT2D eigenvalue weighted by molar-refractivity contribution is 0.122. The van der Waals surface area contributed by atoms with E-state index in [0.29, 0.717) is 0 Å². The summed E-state index contributed by atoms with van der Waals surface area (Å²) in [7, 11) is 2.63. The van der Waals surface area contributed by atoms with E-state index in [1.54, 1.807) is 21.3 Å². The third kappa shape index (κ3) is 4.85. The van der Waals surface area contributed by atoms with Crippen molar-refractivity contribution in [2.45, 2.75) is 38.1 Å². The number of benzene rings is 1. The van der Waals surface area contributed by atoms with Crippen LogP contribution in [0.1, 0.15) is 31.2 Å². The van der Waals surface area contributed by atoms with Crippen LogP contribution in [0.5, 0.6) is 0 Å². The van der Waals surface area contributed by atoms with Crippen LogP contribution in [-0.2, 0) is 19.7 Å². The third-order valence-electron chi connectivity index (χ3n) is 4.33. The largest absolute Gasteiger partial charge is 0.500 e. The molecule has 1 aromatic heterocycles. The Balaban J connectivity index is 1.75. The molecule has 23 heavy (non-hydrogen) atoms. The molecule has 0 fully saturated rings. The van der Waals surface area contributed by atoms with E-state index in [-0.39, 0.29) is 0 Å². The van der Waals surface area contributed by atoms with Gasteiger partial charge in [-0.05, 0) is 30.9 Å². The molecule has 0 unspecified atom stereocenters. The molecule has 0 saturated heterocycles. The van der Waals surface area contributed by atoms with Gasteiger partial charge >= 0.3 is 8.80 Å². The highest BCUT2D eigenvalue weighted by atomic mass is 28.4. The fourth-order valence-electron chi connectivity index (χ4n) is 2.94. The molecule has 0 aliphatic heterocycles. The molecule has 0 spiro atoms. The molecule has 126 valence electrons. The minimum atomic E-state index is -2.39. The molecule has 2 rings (SSSR count). The normalized spacial score (nSPS) is 12.0. The maximum absolute atomic E-state index is 5.45. The first-order valence-electron chi connectivity index (χ1n) is 8.23. The Kier molecular flexibility index (Phi) is 7.17. The van der Waals surface area contributed by atoms with E-state index < -0.39 is 8.80 Å². The first-order chi connectivity index (χ1) is 11.2. The molecule has 1 aromatic carbocycles. The van der Waals surface area contributed by atoms with Crippen LogP contribution in [-0.4, -0.2) is 35.1 Å². The summed E-state index contributed by atoms with van der Waals surface area (Å²) < 4.78 is 16.3. The number of hydrogen-bond acceptors (Lipinski definition) is 4. The summed E-state index contributed by atoms with van der Waals surface area (Å²) in [5, 5.41) is 1.22. The number of unbranched alkanes of at least 4 members (excludes halogenated alkanes) is 3. The second kappa shape index (κ2) is 9.13. The molecular weight excluding hydrogens is 306 g/mol. The van der Waals surface area contributed by atoms with Crippen LogP contribution < -0.4 is 0 Å². The van der Waals surface area contributed by atoms with E-state index in [2.05, 4.69) is 29.2 Å². The summed E-state index contributed by atoms with van der Waals surface area (Å²) in [6.07, 6.45) is 7.58. The SMILES string of the molecule is CO[Si](CCCCCCc1cccc2cccnc12)(OC)OC. The monoisotopic (exact) mass is 333 g/mol. The molecule has 5 heteroatoms. The lowest BCUT2D eigenvalue weighted by Gasteiger charge is -2.24. The van der Waals surface area contributed by atoms with Crippen molar-refractivity contribution >= 4 is 19.7 Å². The number of rotatable bonds is 10. The van der Waals surface area contributed by atoms with Gasteiger partial charge in [0.1, 0.15) is 0 Å². The van der Waals surface area contributed by atoms with Gasteiger partial charge in [-0.1, -0.05) is 37.1 Å². The van der Waals surface area contributed by atoms with Gasteiger partial charge in [0, 0.05) is 39.0 Å². The molecule has 0 aliphatic rings. The number of aryl methyl sites for hydroxylation is 1. The maximum atomic E-state index is 5.45. The van der Waals surface area contributed by atoms with Gasteiger partial charge in [0.2, 0.25) is 0 Å². The summed E-state index contributed by atoms with van der Waals surface area (Å²) in [4.78, 5) is 4.52. The highest BCUT2D eigenvalue weighted by Crippen LogP contribution is 2.20. The second-order valence-corrected chi connectivity index (χ2v) is 8.79. The standard InChI is InChI=1S/C18H27NO3Si/c1-20-23(21-2,22-3)15-7-5-4-6-10-16-11-8-12-17-13-9-14-19-18(16)17/h8-9,11-14H,4-7,10,15H2,1-3H3. The molecule has 0 atom stereocenters. The van der Waals surface area contributed by atoms with Crippen molar-refractivity contribution in [3.8, 4) is 0 Å². The van der Waals surface area contributed by atoms with Crippen LogP contribution in [0.3, 0.4) is 0 Å². The quantitative estimate of drug-likeness (QED) is 0.482. The van der Waals surface area contributed by atoms with Crippen molar-refractivity contribution < 1.29 is 13.3 Å². The van der Waals surface area contributed by atoms with Gasteiger partial charge in [-0.3, -0.25) is 4.98 Å². The van der Waals surface area contributed by atoms with Gasteiger partial charge in [0.05, 0.1) is 5.52 Å². The topological polar surface area (TPSA) is 40.6 Å². The van der Waals surface area contributed by atoms with Crippen LogP contribution in [0, 0.1) is 0 Å². The molecule has 0 aliphatic carbocycles. The van der Waals surface area contributed by atoms with Gasteiger partial charge < -0.3 is 13.3 Å². The van der Waals surface area contributed by atoms with E-state index in [1.165, 1.54) is 30.2 Å². The highest BCUT2D eigenvalue weighted by molar-refractivity contribution is 6.60. The van der Waals surface area contributed by atoms with E-state index in [1.807, 2.05) is 12.3 Å². The summed E-state index contributed by atoms with van der Waals surface area (Å²) in [5.74, 6) is 0. The molecule has 0 saturated carbocycles. The molecule has 2 aromatic rings. The van der Waals surface area contributed by atoms with E-state index in [0.717, 1.165) is 24.4 Å². The summed E-state index contributed by atoms with van der Waals surface area (Å²) >= 11 is 0. The molecule has 0 bridgehead atoms. The molecule has 0 amide bonds. The van der Waals surface area contributed by atoms with Gasteiger partial charge in [-0.2, -0.15) is 0 Å². The number of para-hydroxylation sites is 1. The first-order valence-corrected chi connectivity index (χ1v) is 10.2. The van der Waals surface area contributed by atoms with Crippen LogP contribution in [0.2, 0.25) is 6.04 Å². The lowest BCUT2D eigenvalue weighted by atomic mass is 10.0. The molecule has 0 radical (unpaired) electrons. The van der Waals surface area contributed by atoms with Crippen molar-refractivity contribution in [2.24, 2.45) is 0 Å². The van der Waals surface area contributed by atoms with Crippen LogP contribution in [0.25, 0.3) is 10.9 Å². The Morgan fingerprint density at radius 1 is 0.870 bits per heavy atom. The number of aromatic nitrogens is 1. The van der Waals surface area contributed by atoms with Crippen LogP contribution >= 0.6 is 0 Å². The lowest BCUT2D eigenvalue weighted by Crippen LogP contribution is -2.42. The van der Waals surface area contributed by atoms with E-state index in [4.69, 9.17) is 13.3 Å². The second-order valence-electron chi connectivity index (χ2n) is 5.70. The summed E-state index contributed by atoms with van der Waals surface area (Å²) in [6, 6.07) is 11.4. The number of hydrogen-bond donors (Lipinski definition) is 0. The number of nitrogens with zero attached hydrogens (tertiary/aromatic N) is 1. The third-order valence-corrected chi connectivity index (χ3v) is 7.16. The minimum absolute atomic E-state index is 0.881. The minimum Gasteiger partial charge on any atom is -0.377 e. The fourth-order valence-corrected chi connectivity index (χ4v) is 4.73. The Labute approximate surface area is 140 Å². The Hall–Kier alpha value is -1.27. The van der Waals surface area contributed by atoms with Gasteiger partial charge in [0.25, 0.3) is 0 Å². The van der Waals surface area contributed by atoms with Crippen molar-refractivity contribution in [3.05, 3.63) is 42.1 Å². The average molecular weight is 334 g/mol. The fraction of sp³-hybridized carbons (Fsp3) is 0.500. The zero-order valence-corrected chi connectivity index (χ0v) is 15.4. The smallest absolute Gasteiger partial charge is 0.377 e. The predicted molar refractivity (Wildman–Crippen MR) is 95.5 cm³/mol. The van der Waals surface area contributed by atoms with Crippen molar-refractivity contribution in [1.82, 2.24) is 4.98 Å². The van der Waals surface area contributed by atoms with Gasteiger partial charge in [-0.25, -0.2) is 0 Å². The highest BCUT2D eigenvalue weighted by Gasteiger charge is 2.36. The van der Waals surface area contributed by atoms with Crippen molar-refractivity contribution in [1.29, 1.82) is 0 Å². The predicted octanol–water partition coefficient (Wildman–Crippen LogP) is 4.22. The summed E-state index contributed by atoms with van der Waals surface area (Å²) in [5.41, 5.74) is 2.48. The number of pyridine rings is 1. The molecule has 0 N–H and O–H groups in total. The molecule has 4 nitrogen and oxygen atoms in total. The Morgan fingerprint density at radius 3 is 2.30 bits per heavy atom. The van der Waals surface area contributed by atoms with Crippen molar-refractivity contribution in [3.63, 3.8) is 0 Å². The Morgan fingerprint density at radius 2 is 1.57 bits per heavy atom. The molecular formula is C18H27NO3Si. The number of fused-ring (bicyclic) bond motifs is 1. The van der Waals surface area contributed by atoms with Crippen LogP contribution in [0.15, 0.2) is 36.5 Å². The zero-order chi connectivity index (χ0) is 16.5. The first kappa shape index (κ1) is 18.1. The van der Waals surface area contributed by atoms with Gasteiger partial charge in [-0.15, -0.1) is 0 Å². The summed E-state index contributed by atoms with van der Waals surface area (Å²) in [6.45, 7) is 0.